The van der Waals surface area contributed by atoms with Crippen LogP contribution in [0, 0.1) is 17.7 Å². The van der Waals surface area contributed by atoms with Gasteiger partial charge in [0, 0.05) is 43.6 Å². The Labute approximate surface area is 206 Å². The van der Waals surface area contributed by atoms with Gasteiger partial charge in [0.2, 0.25) is 5.43 Å². The molecule has 2 aromatic heterocycles. The van der Waals surface area contributed by atoms with Gasteiger partial charge in [-0.05, 0) is 67.2 Å². The van der Waals surface area contributed by atoms with Crippen LogP contribution in [0.1, 0.15) is 22.3 Å². The van der Waals surface area contributed by atoms with Crippen molar-refractivity contribution >= 4 is 22.6 Å². The van der Waals surface area contributed by atoms with Crippen LogP contribution in [0.15, 0.2) is 65.8 Å². The molecule has 2 aromatic carbocycles. The van der Waals surface area contributed by atoms with Crippen LogP contribution in [0.4, 0.5) is 10.1 Å². The summed E-state index contributed by atoms with van der Waals surface area (Å²) in [7, 11) is 0. The number of nitrogens with zero attached hydrogens (tertiary/aromatic N) is 4. The molecule has 8 nitrogen and oxygen atoms in total. The first kappa shape index (κ1) is 22.5. The van der Waals surface area contributed by atoms with Gasteiger partial charge in [0.05, 0.1) is 16.9 Å². The van der Waals surface area contributed by atoms with Crippen molar-refractivity contribution in [3.63, 3.8) is 0 Å². The number of benzene rings is 2. The van der Waals surface area contributed by atoms with E-state index < -0.39 is 17.2 Å². The maximum absolute atomic E-state index is 15.3. The molecule has 0 saturated carbocycles. The highest BCUT2D eigenvalue weighted by Crippen LogP contribution is 2.34. The molecule has 0 radical (unpaired) electrons. The summed E-state index contributed by atoms with van der Waals surface area (Å²) in [5.74, 6) is -0.834. The molecule has 2 atom stereocenters. The number of pyridine rings is 1. The standard InChI is InChI=1S/C27H26FN5O3/c28-23-10-21-24(11-25(23)32-14-18-6-8-29-12-19(18)15-32)31(16-22(26(21)34)27(35)36)13-17-2-4-20(5-3-17)33-9-1-7-30-33/h1-5,7,9-11,16,18-19,29H,6,8,12-15H2,(H,35,36)/t18-,19+/m0/s1. The minimum absolute atomic E-state index is 0.0718. The van der Waals surface area contributed by atoms with Gasteiger partial charge in [0.25, 0.3) is 0 Å². The fourth-order valence-corrected chi connectivity index (χ4v) is 5.57. The van der Waals surface area contributed by atoms with Gasteiger partial charge in [-0.25, -0.2) is 13.9 Å². The van der Waals surface area contributed by atoms with Crippen molar-refractivity contribution in [3.8, 4) is 5.69 Å². The Morgan fingerprint density at radius 3 is 2.69 bits per heavy atom. The van der Waals surface area contributed by atoms with Crippen molar-refractivity contribution in [2.45, 2.75) is 13.0 Å². The van der Waals surface area contributed by atoms with Crippen LogP contribution in [0.25, 0.3) is 16.6 Å². The van der Waals surface area contributed by atoms with E-state index in [0.717, 1.165) is 43.9 Å². The lowest BCUT2D eigenvalue weighted by molar-refractivity contribution is 0.0695. The first-order valence-corrected chi connectivity index (χ1v) is 12.1. The van der Waals surface area contributed by atoms with Crippen molar-refractivity contribution in [3.05, 3.63) is 88.2 Å². The number of nitrogens with one attached hydrogen (secondary N) is 1. The minimum Gasteiger partial charge on any atom is -0.477 e. The Kier molecular flexibility index (Phi) is 5.56. The number of fused-ring (bicyclic) bond motifs is 2. The smallest absolute Gasteiger partial charge is 0.341 e. The van der Waals surface area contributed by atoms with Crippen LogP contribution < -0.4 is 15.6 Å². The lowest BCUT2D eigenvalue weighted by Gasteiger charge is -2.23. The highest BCUT2D eigenvalue weighted by atomic mass is 19.1. The number of anilines is 1. The van der Waals surface area contributed by atoms with Crippen molar-refractivity contribution in [2.75, 3.05) is 31.1 Å². The molecular weight excluding hydrogens is 461 g/mol. The largest absolute Gasteiger partial charge is 0.477 e. The topological polar surface area (TPSA) is 92.4 Å². The van der Waals surface area contributed by atoms with E-state index in [0.29, 0.717) is 29.6 Å². The monoisotopic (exact) mass is 487 g/mol. The van der Waals surface area contributed by atoms with Crippen LogP contribution in [0.2, 0.25) is 0 Å². The van der Waals surface area contributed by atoms with Crippen LogP contribution in [0.5, 0.6) is 0 Å². The zero-order chi connectivity index (χ0) is 24.8. The normalized spacial score (nSPS) is 19.5. The number of aromatic carboxylic acids is 1. The van der Waals surface area contributed by atoms with E-state index in [4.69, 9.17) is 0 Å². The molecule has 6 rings (SSSR count). The maximum Gasteiger partial charge on any atom is 0.341 e. The fraction of sp³-hybridized carbons (Fsp3) is 0.296. The molecule has 0 spiro atoms. The molecule has 0 unspecified atom stereocenters. The van der Waals surface area contributed by atoms with E-state index in [1.54, 1.807) is 21.5 Å². The molecule has 2 saturated heterocycles. The van der Waals surface area contributed by atoms with Gasteiger partial charge in [-0.1, -0.05) is 12.1 Å². The summed E-state index contributed by atoms with van der Waals surface area (Å²) in [5, 5.41) is 17.4. The van der Waals surface area contributed by atoms with Gasteiger partial charge in [-0.15, -0.1) is 0 Å². The number of halogens is 1. The number of rotatable bonds is 5. The predicted molar refractivity (Wildman–Crippen MR) is 134 cm³/mol. The van der Waals surface area contributed by atoms with E-state index >= 15 is 4.39 Å². The Morgan fingerprint density at radius 1 is 1.17 bits per heavy atom. The molecule has 4 aromatic rings. The van der Waals surface area contributed by atoms with Crippen LogP contribution in [0.3, 0.4) is 0 Å². The minimum atomic E-state index is -1.33. The molecule has 184 valence electrons. The lowest BCUT2D eigenvalue weighted by Crippen LogP contribution is -2.35. The quantitative estimate of drug-likeness (QED) is 0.450. The number of carboxylic acid groups (broad SMARTS) is 1. The fourth-order valence-electron chi connectivity index (χ4n) is 5.57. The van der Waals surface area contributed by atoms with Crippen molar-refractivity contribution in [1.82, 2.24) is 19.7 Å². The van der Waals surface area contributed by atoms with Crippen LogP contribution >= 0.6 is 0 Å². The molecule has 36 heavy (non-hydrogen) atoms. The summed E-state index contributed by atoms with van der Waals surface area (Å²) in [6.07, 6.45) is 5.99. The third-order valence-electron chi connectivity index (χ3n) is 7.45. The van der Waals surface area contributed by atoms with E-state index in [2.05, 4.69) is 15.3 Å². The third kappa shape index (κ3) is 3.95. The van der Waals surface area contributed by atoms with E-state index in [-0.39, 0.29) is 10.9 Å². The van der Waals surface area contributed by atoms with Gasteiger partial charge in [-0.2, -0.15) is 5.10 Å². The lowest BCUT2D eigenvalue weighted by atomic mass is 9.90. The number of aromatic nitrogens is 3. The Morgan fingerprint density at radius 2 is 1.97 bits per heavy atom. The van der Waals surface area contributed by atoms with Crippen LogP contribution in [-0.2, 0) is 6.54 Å². The zero-order valence-corrected chi connectivity index (χ0v) is 19.6. The molecule has 4 heterocycles. The Hall–Kier alpha value is -3.98. The molecule has 0 bridgehead atoms. The second-order valence-electron chi connectivity index (χ2n) is 9.66. The molecule has 2 aliphatic heterocycles. The summed E-state index contributed by atoms with van der Waals surface area (Å²) >= 11 is 0. The van der Waals surface area contributed by atoms with Gasteiger partial charge < -0.3 is 19.9 Å². The maximum atomic E-state index is 15.3. The predicted octanol–water partition coefficient (Wildman–Crippen LogP) is 3.12. The van der Waals surface area contributed by atoms with Crippen molar-refractivity contribution in [2.24, 2.45) is 11.8 Å². The van der Waals surface area contributed by atoms with E-state index in [1.165, 1.54) is 12.3 Å². The number of hydrogen-bond donors (Lipinski definition) is 2. The van der Waals surface area contributed by atoms with Crippen LogP contribution in [-0.4, -0.2) is 51.6 Å². The zero-order valence-electron chi connectivity index (χ0n) is 19.6. The average Bonchev–Trinajstić information content (AvgIpc) is 3.56. The molecular formula is C27H26FN5O3. The highest BCUT2D eigenvalue weighted by molar-refractivity contribution is 5.93. The Balaban J connectivity index is 1.41. The second-order valence-corrected chi connectivity index (χ2v) is 9.66. The first-order chi connectivity index (χ1) is 17.5. The highest BCUT2D eigenvalue weighted by Gasteiger charge is 2.35. The van der Waals surface area contributed by atoms with E-state index in [1.807, 2.05) is 36.5 Å². The SMILES string of the molecule is O=C(O)c1cn(Cc2ccc(-n3cccn3)cc2)c2cc(N3C[C@H]4CNCC[C@H]4C3)c(F)cc2c1=O. The third-order valence-corrected chi connectivity index (χ3v) is 7.45. The molecule has 0 amide bonds. The van der Waals surface area contributed by atoms with Gasteiger partial charge in [0.15, 0.2) is 0 Å². The summed E-state index contributed by atoms with van der Waals surface area (Å²) in [6.45, 7) is 3.77. The number of carbonyl (C=O) groups is 1. The summed E-state index contributed by atoms with van der Waals surface area (Å²) in [6, 6.07) is 12.5. The van der Waals surface area contributed by atoms with Crippen molar-refractivity contribution < 1.29 is 14.3 Å². The summed E-state index contributed by atoms with van der Waals surface area (Å²) in [5.41, 5.74) is 1.74. The molecule has 2 N–H and O–H groups in total. The first-order valence-electron chi connectivity index (χ1n) is 12.1. The molecule has 2 fully saturated rings. The number of piperidine rings is 1. The summed E-state index contributed by atoms with van der Waals surface area (Å²) < 4.78 is 18.8. The van der Waals surface area contributed by atoms with Crippen molar-refractivity contribution in [1.29, 1.82) is 0 Å². The molecule has 2 aliphatic rings. The van der Waals surface area contributed by atoms with Gasteiger partial charge >= 0.3 is 5.97 Å². The van der Waals surface area contributed by atoms with Gasteiger partial charge in [0.1, 0.15) is 11.4 Å². The molecule has 9 heteroatoms. The number of carboxylic acids is 1. The second kappa shape index (κ2) is 8.91. The molecule has 0 aliphatic carbocycles. The van der Waals surface area contributed by atoms with Gasteiger partial charge in [-0.3, -0.25) is 4.79 Å². The number of hydrogen-bond acceptors (Lipinski definition) is 5. The Bertz CT molecular complexity index is 1480. The average molecular weight is 488 g/mol. The summed E-state index contributed by atoms with van der Waals surface area (Å²) in [4.78, 5) is 26.8. The van der Waals surface area contributed by atoms with E-state index in [9.17, 15) is 14.7 Å².